The van der Waals surface area contributed by atoms with Gasteiger partial charge in [0.2, 0.25) is 0 Å². The van der Waals surface area contributed by atoms with Gasteiger partial charge in [0.05, 0.1) is 17.6 Å². The summed E-state index contributed by atoms with van der Waals surface area (Å²) in [5.41, 5.74) is 3.71. The normalized spacial score (nSPS) is 11.0. The highest BCUT2D eigenvalue weighted by Gasteiger charge is 2.07. The Labute approximate surface area is 132 Å². The molecule has 1 N–H and O–H groups in total. The molecule has 3 rings (SSSR count). The molecule has 1 aromatic carbocycles. The number of hydrogen-bond donors (Lipinski definition) is 1. The number of pyridine rings is 1. The molecule has 0 atom stereocenters. The predicted molar refractivity (Wildman–Crippen MR) is 87.0 cm³/mol. The Kier molecular flexibility index (Phi) is 3.74. The summed E-state index contributed by atoms with van der Waals surface area (Å²) in [5.74, 6) is 0. The van der Waals surface area contributed by atoms with Gasteiger partial charge in [-0.15, -0.1) is 0 Å². The Morgan fingerprint density at radius 3 is 2.86 bits per heavy atom. The highest BCUT2D eigenvalue weighted by atomic mass is 35.5. The van der Waals surface area contributed by atoms with Crippen LogP contribution < -0.4 is 5.32 Å². The lowest BCUT2D eigenvalue weighted by molar-refractivity contribution is 0.774. The quantitative estimate of drug-likeness (QED) is 0.786. The van der Waals surface area contributed by atoms with Crippen molar-refractivity contribution in [2.75, 3.05) is 5.32 Å². The minimum atomic E-state index is 0.589. The van der Waals surface area contributed by atoms with Gasteiger partial charge in [0.25, 0.3) is 0 Å². The first-order chi connectivity index (χ1) is 10.0. The zero-order chi connectivity index (χ0) is 15.0. The third-order valence-electron chi connectivity index (χ3n) is 3.35. The van der Waals surface area contributed by atoms with Gasteiger partial charge in [-0.3, -0.25) is 4.68 Å². The van der Waals surface area contributed by atoms with Crippen LogP contribution in [0.15, 0.2) is 30.5 Å². The van der Waals surface area contributed by atoms with Crippen LogP contribution in [0.1, 0.15) is 11.3 Å². The SMILES string of the molecule is Cc1nn(C)c2ncc(NCc3cc(Cl)ccc3Cl)cc12. The van der Waals surface area contributed by atoms with E-state index in [-0.39, 0.29) is 0 Å². The van der Waals surface area contributed by atoms with Crippen molar-refractivity contribution in [3.05, 3.63) is 51.8 Å². The van der Waals surface area contributed by atoms with Crippen molar-refractivity contribution < 1.29 is 0 Å². The Balaban J connectivity index is 1.85. The lowest BCUT2D eigenvalue weighted by atomic mass is 10.2. The lowest BCUT2D eigenvalue weighted by Crippen LogP contribution is -2.01. The van der Waals surface area contributed by atoms with E-state index in [1.807, 2.05) is 26.1 Å². The number of benzene rings is 1. The van der Waals surface area contributed by atoms with Crippen molar-refractivity contribution in [1.82, 2.24) is 14.8 Å². The molecule has 0 aliphatic carbocycles. The first kappa shape index (κ1) is 14.2. The number of nitrogens with one attached hydrogen (secondary N) is 1. The Morgan fingerprint density at radius 1 is 1.24 bits per heavy atom. The van der Waals surface area contributed by atoms with E-state index in [0.717, 1.165) is 28.0 Å². The molecule has 6 heteroatoms. The van der Waals surface area contributed by atoms with E-state index < -0.39 is 0 Å². The van der Waals surface area contributed by atoms with E-state index in [1.54, 1.807) is 23.0 Å². The Bertz CT molecular complexity index is 811. The molecular formula is C15H14Cl2N4. The fraction of sp³-hybridized carbons (Fsp3) is 0.200. The van der Waals surface area contributed by atoms with E-state index in [2.05, 4.69) is 15.4 Å². The fourth-order valence-electron chi connectivity index (χ4n) is 2.28. The smallest absolute Gasteiger partial charge is 0.157 e. The molecule has 0 aliphatic rings. The Morgan fingerprint density at radius 2 is 2.05 bits per heavy atom. The summed E-state index contributed by atoms with van der Waals surface area (Å²) < 4.78 is 1.78. The van der Waals surface area contributed by atoms with Gasteiger partial charge in [0.1, 0.15) is 0 Å². The maximum atomic E-state index is 6.16. The minimum Gasteiger partial charge on any atom is -0.380 e. The maximum absolute atomic E-state index is 6.16. The molecule has 0 spiro atoms. The van der Waals surface area contributed by atoms with Crippen LogP contribution >= 0.6 is 23.2 Å². The monoisotopic (exact) mass is 320 g/mol. The van der Waals surface area contributed by atoms with Gasteiger partial charge in [-0.1, -0.05) is 23.2 Å². The van der Waals surface area contributed by atoms with Crippen LogP contribution in [0.2, 0.25) is 10.0 Å². The summed E-state index contributed by atoms with van der Waals surface area (Å²) in [4.78, 5) is 4.43. The van der Waals surface area contributed by atoms with Gasteiger partial charge in [0, 0.05) is 29.0 Å². The number of anilines is 1. The molecule has 0 unspecified atom stereocenters. The molecule has 108 valence electrons. The van der Waals surface area contributed by atoms with Gasteiger partial charge in [-0.2, -0.15) is 5.10 Å². The van der Waals surface area contributed by atoms with Crippen molar-refractivity contribution in [2.45, 2.75) is 13.5 Å². The molecule has 2 heterocycles. The fourth-order valence-corrected chi connectivity index (χ4v) is 2.66. The number of nitrogens with zero attached hydrogens (tertiary/aromatic N) is 3. The van der Waals surface area contributed by atoms with Crippen molar-refractivity contribution in [3.63, 3.8) is 0 Å². The largest absolute Gasteiger partial charge is 0.380 e. The first-order valence-electron chi connectivity index (χ1n) is 6.52. The van der Waals surface area contributed by atoms with E-state index >= 15 is 0 Å². The molecule has 0 aliphatic heterocycles. The zero-order valence-corrected chi connectivity index (χ0v) is 13.2. The second-order valence-corrected chi connectivity index (χ2v) is 5.74. The number of fused-ring (bicyclic) bond motifs is 1. The molecule has 0 saturated carbocycles. The number of hydrogen-bond acceptors (Lipinski definition) is 3. The summed E-state index contributed by atoms with van der Waals surface area (Å²) in [7, 11) is 1.89. The van der Waals surface area contributed by atoms with Gasteiger partial charge in [-0.05, 0) is 36.8 Å². The van der Waals surface area contributed by atoms with Crippen LogP contribution in [-0.2, 0) is 13.6 Å². The van der Waals surface area contributed by atoms with Crippen LogP contribution in [0.5, 0.6) is 0 Å². The summed E-state index contributed by atoms with van der Waals surface area (Å²) in [6.07, 6.45) is 1.79. The second kappa shape index (κ2) is 5.54. The van der Waals surface area contributed by atoms with Crippen LogP contribution in [0.3, 0.4) is 0 Å². The number of rotatable bonds is 3. The van der Waals surface area contributed by atoms with Crippen LogP contribution in [-0.4, -0.2) is 14.8 Å². The molecule has 0 bridgehead atoms. The van der Waals surface area contributed by atoms with Crippen LogP contribution in [0.25, 0.3) is 11.0 Å². The van der Waals surface area contributed by atoms with Crippen molar-refractivity contribution in [3.8, 4) is 0 Å². The second-order valence-electron chi connectivity index (χ2n) is 4.89. The highest BCUT2D eigenvalue weighted by molar-refractivity contribution is 6.33. The van der Waals surface area contributed by atoms with Crippen LogP contribution in [0.4, 0.5) is 5.69 Å². The molecule has 0 fully saturated rings. The third kappa shape index (κ3) is 2.82. The summed E-state index contributed by atoms with van der Waals surface area (Å²) in [6.45, 7) is 2.56. The van der Waals surface area contributed by atoms with Gasteiger partial charge in [0.15, 0.2) is 5.65 Å². The maximum Gasteiger partial charge on any atom is 0.157 e. The van der Waals surface area contributed by atoms with Crippen molar-refractivity contribution in [1.29, 1.82) is 0 Å². The molecular weight excluding hydrogens is 307 g/mol. The lowest BCUT2D eigenvalue weighted by Gasteiger charge is -2.08. The standard InChI is InChI=1S/C15H14Cl2N4/c1-9-13-6-12(8-19-15(13)21(2)20-9)18-7-10-5-11(16)3-4-14(10)17/h3-6,8,18H,7H2,1-2H3. The third-order valence-corrected chi connectivity index (χ3v) is 3.96. The van der Waals surface area contributed by atoms with E-state index in [1.165, 1.54) is 0 Å². The van der Waals surface area contributed by atoms with Crippen LogP contribution in [0, 0.1) is 6.92 Å². The summed E-state index contributed by atoms with van der Waals surface area (Å²) in [5, 5.41) is 10.1. The predicted octanol–water partition coefficient (Wildman–Crippen LogP) is 4.20. The van der Waals surface area contributed by atoms with Crippen molar-refractivity contribution >= 4 is 39.9 Å². The van der Waals surface area contributed by atoms with Crippen molar-refractivity contribution in [2.24, 2.45) is 7.05 Å². The summed E-state index contributed by atoms with van der Waals surface area (Å²) in [6, 6.07) is 7.48. The molecule has 4 nitrogen and oxygen atoms in total. The average Bonchev–Trinajstić information content (AvgIpc) is 2.75. The summed E-state index contributed by atoms with van der Waals surface area (Å²) >= 11 is 12.1. The number of aromatic nitrogens is 3. The van der Waals surface area contributed by atoms with E-state index in [0.29, 0.717) is 16.6 Å². The van der Waals surface area contributed by atoms with Gasteiger partial charge in [-0.25, -0.2) is 4.98 Å². The van der Waals surface area contributed by atoms with Gasteiger partial charge >= 0.3 is 0 Å². The van der Waals surface area contributed by atoms with E-state index in [9.17, 15) is 0 Å². The first-order valence-corrected chi connectivity index (χ1v) is 7.27. The average molecular weight is 321 g/mol. The molecule has 21 heavy (non-hydrogen) atoms. The number of aryl methyl sites for hydroxylation is 2. The van der Waals surface area contributed by atoms with Gasteiger partial charge < -0.3 is 5.32 Å². The highest BCUT2D eigenvalue weighted by Crippen LogP contribution is 2.23. The molecule has 0 amide bonds. The minimum absolute atomic E-state index is 0.589. The van der Waals surface area contributed by atoms with E-state index in [4.69, 9.17) is 23.2 Å². The Hall–Kier alpha value is -1.78. The molecule has 3 aromatic rings. The number of halogens is 2. The topological polar surface area (TPSA) is 42.7 Å². The molecule has 0 radical (unpaired) electrons. The zero-order valence-electron chi connectivity index (χ0n) is 11.7. The molecule has 2 aromatic heterocycles. The molecule has 0 saturated heterocycles.